The van der Waals surface area contributed by atoms with Gasteiger partial charge in [-0.25, -0.2) is 0 Å². The van der Waals surface area contributed by atoms with Gasteiger partial charge in [-0.2, -0.15) is 0 Å². The van der Waals surface area contributed by atoms with E-state index in [1.165, 1.54) is 58.3 Å². The van der Waals surface area contributed by atoms with Crippen LogP contribution in [-0.4, -0.2) is 26.2 Å². The Kier molecular flexibility index (Phi) is 4.52. The van der Waals surface area contributed by atoms with E-state index in [2.05, 4.69) is 34.9 Å². The second-order valence-corrected chi connectivity index (χ2v) is 6.19. The van der Waals surface area contributed by atoms with Gasteiger partial charge in [-0.05, 0) is 81.2 Å². The Labute approximate surface area is 117 Å². The first-order chi connectivity index (χ1) is 9.42. The molecule has 1 aromatic carbocycles. The van der Waals surface area contributed by atoms with Crippen LogP contribution >= 0.6 is 0 Å². The van der Waals surface area contributed by atoms with Crippen LogP contribution in [0.5, 0.6) is 0 Å². The molecule has 0 spiro atoms. The normalized spacial score (nSPS) is 25.4. The minimum atomic E-state index is 0.783. The lowest BCUT2D eigenvalue weighted by molar-refractivity contribution is 0.376. The first kappa shape index (κ1) is 13.1. The lowest BCUT2D eigenvalue weighted by Gasteiger charge is -2.25. The second-order valence-electron chi connectivity index (χ2n) is 6.19. The molecule has 1 atom stereocenters. The molecule has 0 saturated carbocycles. The van der Waals surface area contributed by atoms with Crippen LogP contribution in [0.15, 0.2) is 24.3 Å². The maximum atomic E-state index is 3.52. The smallest absolute Gasteiger partial charge is 0.00173 e. The Morgan fingerprint density at radius 2 is 1.89 bits per heavy atom. The third kappa shape index (κ3) is 3.58. The number of piperidine rings is 2. The van der Waals surface area contributed by atoms with Crippen molar-refractivity contribution in [3.8, 4) is 0 Å². The highest BCUT2D eigenvalue weighted by Crippen LogP contribution is 2.26. The molecular weight excluding hydrogens is 232 g/mol. The lowest BCUT2D eigenvalue weighted by atomic mass is 9.87. The van der Waals surface area contributed by atoms with Crippen LogP contribution in [-0.2, 0) is 6.42 Å². The summed E-state index contributed by atoms with van der Waals surface area (Å²) in [5.41, 5.74) is 3.12. The first-order valence-electron chi connectivity index (χ1n) is 7.92. The van der Waals surface area contributed by atoms with E-state index in [0.29, 0.717) is 0 Å². The molecule has 0 bridgehead atoms. The summed E-state index contributed by atoms with van der Waals surface area (Å²) in [6.45, 7) is 4.78. The van der Waals surface area contributed by atoms with Crippen molar-refractivity contribution < 1.29 is 0 Å². The summed E-state index contributed by atoms with van der Waals surface area (Å²) in [5, 5.41) is 6.98. The molecular formula is C17H26N2. The van der Waals surface area contributed by atoms with E-state index in [9.17, 15) is 0 Å². The summed E-state index contributed by atoms with van der Waals surface area (Å²) in [6, 6.07) is 9.39. The molecule has 2 aliphatic heterocycles. The number of nitrogens with one attached hydrogen (secondary N) is 2. The number of hydrogen-bond acceptors (Lipinski definition) is 2. The van der Waals surface area contributed by atoms with Gasteiger partial charge in [-0.3, -0.25) is 0 Å². The lowest BCUT2D eigenvalue weighted by Crippen LogP contribution is -2.30. The highest BCUT2D eigenvalue weighted by Gasteiger charge is 2.17. The van der Waals surface area contributed by atoms with Gasteiger partial charge < -0.3 is 10.6 Å². The zero-order valence-corrected chi connectivity index (χ0v) is 11.8. The largest absolute Gasteiger partial charge is 0.317 e. The maximum absolute atomic E-state index is 3.52. The molecule has 1 unspecified atom stereocenters. The van der Waals surface area contributed by atoms with Crippen LogP contribution in [0, 0.1) is 5.92 Å². The summed E-state index contributed by atoms with van der Waals surface area (Å²) in [7, 11) is 0. The van der Waals surface area contributed by atoms with E-state index in [4.69, 9.17) is 0 Å². The molecule has 2 N–H and O–H groups in total. The number of hydrogen-bond donors (Lipinski definition) is 2. The van der Waals surface area contributed by atoms with Crippen LogP contribution in [0.1, 0.15) is 42.7 Å². The molecule has 0 aromatic heterocycles. The molecule has 0 radical (unpaired) electrons. The van der Waals surface area contributed by atoms with E-state index < -0.39 is 0 Å². The van der Waals surface area contributed by atoms with Crippen molar-refractivity contribution in [2.45, 2.75) is 38.0 Å². The Bertz CT molecular complexity index is 390. The monoisotopic (exact) mass is 258 g/mol. The molecule has 2 fully saturated rings. The van der Waals surface area contributed by atoms with Gasteiger partial charge in [0.15, 0.2) is 0 Å². The van der Waals surface area contributed by atoms with Crippen LogP contribution in [0.4, 0.5) is 0 Å². The van der Waals surface area contributed by atoms with Crippen molar-refractivity contribution in [3.63, 3.8) is 0 Å². The van der Waals surface area contributed by atoms with Gasteiger partial charge in [-0.15, -0.1) is 0 Å². The Hall–Kier alpha value is -0.860. The van der Waals surface area contributed by atoms with Gasteiger partial charge in [-0.1, -0.05) is 24.3 Å². The molecule has 2 heteroatoms. The minimum absolute atomic E-state index is 0.783. The highest BCUT2D eigenvalue weighted by atomic mass is 14.9. The highest BCUT2D eigenvalue weighted by molar-refractivity contribution is 5.27. The summed E-state index contributed by atoms with van der Waals surface area (Å²) >= 11 is 0. The van der Waals surface area contributed by atoms with Crippen LogP contribution < -0.4 is 10.6 Å². The third-order valence-electron chi connectivity index (χ3n) is 4.68. The molecule has 19 heavy (non-hydrogen) atoms. The van der Waals surface area contributed by atoms with E-state index in [0.717, 1.165) is 11.8 Å². The Morgan fingerprint density at radius 3 is 2.68 bits per heavy atom. The van der Waals surface area contributed by atoms with Crippen molar-refractivity contribution in [1.29, 1.82) is 0 Å². The predicted molar refractivity (Wildman–Crippen MR) is 80.6 cm³/mol. The van der Waals surface area contributed by atoms with Gasteiger partial charge >= 0.3 is 0 Å². The van der Waals surface area contributed by atoms with Crippen LogP contribution in [0.3, 0.4) is 0 Å². The topological polar surface area (TPSA) is 24.1 Å². The average Bonchev–Trinajstić information content (AvgIpc) is 2.49. The van der Waals surface area contributed by atoms with Crippen molar-refractivity contribution in [2.24, 2.45) is 5.92 Å². The van der Waals surface area contributed by atoms with Crippen molar-refractivity contribution in [3.05, 3.63) is 35.4 Å². The molecule has 1 aromatic rings. The Balaban J connectivity index is 1.64. The summed E-state index contributed by atoms with van der Waals surface area (Å²) in [4.78, 5) is 0. The molecule has 104 valence electrons. The molecule has 2 saturated heterocycles. The molecule has 3 rings (SSSR count). The van der Waals surface area contributed by atoms with E-state index in [-0.39, 0.29) is 0 Å². The Morgan fingerprint density at radius 1 is 1.00 bits per heavy atom. The second kappa shape index (κ2) is 6.53. The van der Waals surface area contributed by atoms with Crippen LogP contribution in [0.25, 0.3) is 0 Å². The fourth-order valence-corrected chi connectivity index (χ4v) is 3.56. The fraction of sp³-hybridized carbons (Fsp3) is 0.647. The molecule has 2 nitrogen and oxygen atoms in total. The van der Waals surface area contributed by atoms with Gasteiger partial charge in [0.1, 0.15) is 0 Å². The fourth-order valence-electron chi connectivity index (χ4n) is 3.56. The van der Waals surface area contributed by atoms with Crippen molar-refractivity contribution in [2.75, 3.05) is 26.2 Å². The standard InChI is InChI=1S/C17H26N2/c1-3-14(11-15-4-2-8-19-13-15)12-17(5-1)16-6-9-18-10-7-16/h1,3,5,12,15-16,18-19H,2,4,6-11,13H2. The SMILES string of the molecule is c1cc(CC2CCCNC2)cc(C2CCNCC2)c1. The van der Waals surface area contributed by atoms with E-state index in [1.807, 2.05) is 0 Å². The predicted octanol–water partition coefficient (Wildman–Crippen LogP) is 2.70. The van der Waals surface area contributed by atoms with Gasteiger partial charge in [0, 0.05) is 0 Å². The van der Waals surface area contributed by atoms with Gasteiger partial charge in [0.25, 0.3) is 0 Å². The summed E-state index contributed by atoms with van der Waals surface area (Å²) < 4.78 is 0. The molecule has 0 amide bonds. The maximum Gasteiger partial charge on any atom is -0.00173 e. The third-order valence-corrected chi connectivity index (χ3v) is 4.68. The zero-order valence-electron chi connectivity index (χ0n) is 11.8. The number of benzene rings is 1. The zero-order chi connectivity index (χ0) is 12.9. The van der Waals surface area contributed by atoms with Crippen molar-refractivity contribution >= 4 is 0 Å². The van der Waals surface area contributed by atoms with Crippen LogP contribution in [0.2, 0.25) is 0 Å². The first-order valence-corrected chi connectivity index (χ1v) is 7.92. The molecule has 2 aliphatic rings. The summed E-state index contributed by atoms with van der Waals surface area (Å²) in [5.74, 6) is 1.63. The van der Waals surface area contributed by atoms with Gasteiger partial charge in [0.05, 0.1) is 0 Å². The minimum Gasteiger partial charge on any atom is -0.317 e. The quantitative estimate of drug-likeness (QED) is 0.871. The average molecular weight is 258 g/mol. The number of rotatable bonds is 3. The van der Waals surface area contributed by atoms with Crippen molar-refractivity contribution in [1.82, 2.24) is 10.6 Å². The summed E-state index contributed by atoms with van der Waals surface area (Å²) in [6.07, 6.45) is 6.60. The van der Waals surface area contributed by atoms with E-state index in [1.54, 1.807) is 11.1 Å². The molecule has 0 aliphatic carbocycles. The molecule has 2 heterocycles. The van der Waals surface area contributed by atoms with Gasteiger partial charge in [0.2, 0.25) is 0 Å². The van der Waals surface area contributed by atoms with E-state index >= 15 is 0 Å².